The Bertz CT molecular complexity index is 783. The predicted molar refractivity (Wildman–Crippen MR) is 72.8 cm³/mol. The number of aliphatic carboxylic acids is 1. The fourth-order valence-electron chi connectivity index (χ4n) is 2.47. The van der Waals surface area contributed by atoms with E-state index in [1.54, 1.807) is 6.07 Å². The van der Waals surface area contributed by atoms with E-state index in [4.69, 9.17) is 5.11 Å². The van der Waals surface area contributed by atoms with E-state index < -0.39 is 47.1 Å². The maximum absolute atomic E-state index is 13.4. The number of nitriles is 1. The lowest BCUT2D eigenvalue weighted by molar-refractivity contribution is -0.140. The van der Waals surface area contributed by atoms with Gasteiger partial charge in [-0.15, -0.1) is 0 Å². The van der Waals surface area contributed by atoms with Crippen LogP contribution in [0.1, 0.15) is 22.8 Å². The molecule has 0 heterocycles. The maximum Gasteiger partial charge on any atom is 0.322 e. The molecule has 1 aromatic rings. The molecule has 118 valence electrons. The number of nitrogens with one attached hydrogen (secondary N) is 1. The zero-order valence-electron chi connectivity index (χ0n) is 11.9. The molecule has 2 N–H and O–H groups in total. The Morgan fingerprint density at radius 3 is 2.65 bits per heavy atom. The average Bonchev–Trinajstić information content (AvgIpc) is 2.50. The molecule has 0 saturated heterocycles. The van der Waals surface area contributed by atoms with E-state index in [2.05, 4.69) is 0 Å². The summed E-state index contributed by atoms with van der Waals surface area (Å²) < 4.78 is 13.4. The Morgan fingerprint density at radius 2 is 2.09 bits per heavy atom. The van der Waals surface area contributed by atoms with Crippen LogP contribution in [0.2, 0.25) is 0 Å². The van der Waals surface area contributed by atoms with E-state index in [-0.39, 0.29) is 11.1 Å². The summed E-state index contributed by atoms with van der Waals surface area (Å²) in [6.45, 7) is 0.450. The fraction of sp³-hybridized carbons (Fsp3) is 0.267. The SMILES string of the molecule is C[C@]1(C#N)C(=O)C(C(=O)NCC(=O)O)C(=O)c2cc(F)ccc21. The minimum absolute atomic E-state index is 0.0266. The number of rotatable bonds is 3. The van der Waals surface area contributed by atoms with Gasteiger partial charge >= 0.3 is 5.97 Å². The molecular formula is C15H11FN2O5. The largest absolute Gasteiger partial charge is 0.480 e. The van der Waals surface area contributed by atoms with Crippen LogP contribution in [-0.4, -0.2) is 35.1 Å². The highest BCUT2D eigenvalue weighted by molar-refractivity contribution is 6.29. The van der Waals surface area contributed by atoms with Gasteiger partial charge in [0.25, 0.3) is 0 Å². The first-order chi connectivity index (χ1) is 10.7. The Labute approximate surface area is 129 Å². The van der Waals surface area contributed by atoms with Gasteiger partial charge in [-0.05, 0) is 24.6 Å². The smallest absolute Gasteiger partial charge is 0.322 e. The molecule has 0 aromatic heterocycles. The van der Waals surface area contributed by atoms with Gasteiger partial charge in [0.2, 0.25) is 5.91 Å². The van der Waals surface area contributed by atoms with Crippen LogP contribution in [-0.2, 0) is 19.8 Å². The Hall–Kier alpha value is -3.08. The van der Waals surface area contributed by atoms with Crippen LogP contribution < -0.4 is 5.32 Å². The molecule has 1 aliphatic carbocycles. The number of carbonyl (C=O) groups excluding carboxylic acids is 3. The molecule has 0 spiro atoms. The lowest BCUT2D eigenvalue weighted by Crippen LogP contribution is -2.52. The van der Waals surface area contributed by atoms with Crippen molar-refractivity contribution in [3.05, 3.63) is 35.1 Å². The number of fused-ring (bicyclic) bond motifs is 1. The molecule has 1 unspecified atom stereocenters. The van der Waals surface area contributed by atoms with Gasteiger partial charge < -0.3 is 10.4 Å². The van der Waals surface area contributed by atoms with Gasteiger partial charge in [0.15, 0.2) is 17.5 Å². The highest BCUT2D eigenvalue weighted by Gasteiger charge is 2.52. The second-order valence-electron chi connectivity index (χ2n) is 5.20. The first-order valence-corrected chi connectivity index (χ1v) is 6.51. The third-order valence-corrected chi connectivity index (χ3v) is 3.70. The molecule has 2 atom stereocenters. The van der Waals surface area contributed by atoms with Gasteiger partial charge in [-0.2, -0.15) is 5.26 Å². The highest BCUT2D eigenvalue weighted by atomic mass is 19.1. The van der Waals surface area contributed by atoms with Crippen molar-refractivity contribution in [3.8, 4) is 6.07 Å². The number of amides is 1. The number of hydrogen-bond donors (Lipinski definition) is 2. The normalized spacial score (nSPS) is 22.9. The monoisotopic (exact) mass is 318 g/mol. The third kappa shape index (κ3) is 2.57. The summed E-state index contributed by atoms with van der Waals surface area (Å²) in [5.74, 6) is -7.04. The van der Waals surface area contributed by atoms with Crippen molar-refractivity contribution in [1.29, 1.82) is 5.26 Å². The van der Waals surface area contributed by atoms with Crippen LogP contribution in [0, 0.1) is 23.1 Å². The summed E-state index contributed by atoms with van der Waals surface area (Å²) in [7, 11) is 0. The number of carboxylic acids is 1. The fourth-order valence-corrected chi connectivity index (χ4v) is 2.47. The summed E-state index contributed by atoms with van der Waals surface area (Å²) >= 11 is 0. The van der Waals surface area contributed by atoms with Crippen molar-refractivity contribution in [2.75, 3.05) is 6.54 Å². The number of ketones is 2. The predicted octanol–water partition coefficient (Wildman–Crippen LogP) is 0.189. The van der Waals surface area contributed by atoms with Crippen molar-refractivity contribution < 1.29 is 28.7 Å². The molecule has 1 aliphatic rings. The van der Waals surface area contributed by atoms with Gasteiger partial charge in [-0.3, -0.25) is 19.2 Å². The Kier molecular flexibility index (Phi) is 3.97. The molecule has 0 fully saturated rings. The molecule has 8 heteroatoms. The van der Waals surface area contributed by atoms with E-state index >= 15 is 0 Å². The number of Topliss-reactive ketones (excluding diaryl/α,β-unsaturated/α-hetero) is 2. The molecule has 2 rings (SSSR count). The van der Waals surface area contributed by atoms with E-state index in [9.17, 15) is 28.8 Å². The van der Waals surface area contributed by atoms with Crippen molar-refractivity contribution in [2.45, 2.75) is 12.3 Å². The first kappa shape index (κ1) is 16.3. The van der Waals surface area contributed by atoms with Crippen molar-refractivity contribution in [3.63, 3.8) is 0 Å². The zero-order valence-corrected chi connectivity index (χ0v) is 11.9. The van der Waals surface area contributed by atoms with E-state index in [0.717, 1.165) is 18.2 Å². The summed E-state index contributed by atoms with van der Waals surface area (Å²) in [6.07, 6.45) is 0. The molecule has 1 amide bonds. The minimum Gasteiger partial charge on any atom is -0.480 e. The van der Waals surface area contributed by atoms with E-state index in [1.807, 2.05) is 5.32 Å². The number of nitrogens with zero attached hydrogens (tertiary/aromatic N) is 1. The van der Waals surface area contributed by atoms with Gasteiger partial charge in [0, 0.05) is 5.56 Å². The Morgan fingerprint density at radius 1 is 1.43 bits per heavy atom. The number of benzene rings is 1. The summed E-state index contributed by atoms with van der Waals surface area (Å²) in [5, 5.41) is 19.8. The van der Waals surface area contributed by atoms with E-state index in [1.165, 1.54) is 6.92 Å². The second kappa shape index (κ2) is 5.61. The van der Waals surface area contributed by atoms with Gasteiger partial charge in [0.05, 0.1) is 6.07 Å². The van der Waals surface area contributed by atoms with Crippen LogP contribution in [0.15, 0.2) is 18.2 Å². The van der Waals surface area contributed by atoms with Crippen LogP contribution in [0.3, 0.4) is 0 Å². The molecule has 7 nitrogen and oxygen atoms in total. The molecule has 0 saturated carbocycles. The van der Waals surface area contributed by atoms with Gasteiger partial charge in [0.1, 0.15) is 17.8 Å². The van der Waals surface area contributed by atoms with Crippen LogP contribution >= 0.6 is 0 Å². The summed E-state index contributed by atoms with van der Waals surface area (Å²) in [6, 6.07) is 4.79. The topological polar surface area (TPSA) is 124 Å². The number of hydrogen-bond acceptors (Lipinski definition) is 5. The standard InChI is InChI=1S/C15H11FN2O5/c1-15(6-17)9-3-2-7(16)4-8(9)12(21)11(13(15)22)14(23)18-5-10(19)20/h2-4,11H,5H2,1H3,(H,18,23)(H,19,20)/t11?,15-/m1/s1. The summed E-state index contributed by atoms with van der Waals surface area (Å²) in [4.78, 5) is 47.3. The third-order valence-electron chi connectivity index (χ3n) is 3.70. The van der Waals surface area contributed by atoms with E-state index in [0.29, 0.717) is 0 Å². The van der Waals surface area contributed by atoms with Gasteiger partial charge in [-0.1, -0.05) is 6.07 Å². The minimum atomic E-state index is -1.88. The summed E-state index contributed by atoms with van der Waals surface area (Å²) in [5.41, 5.74) is -2.01. The van der Waals surface area contributed by atoms with Crippen LogP contribution in [0.25, 0.3) is 0 Å². The quantitative estimate of drug-likeness (QED) is 0.767. The number of halogens is 1. The lowest BCUT2D eigenvalue weighted by atomic mass is 9.66. The van der Waals surface area contributed by atoms with Crippen LogP contribution in [0.4, 0.5) is 4.39 Å². The van der Waals surface area contributed by atoms with Crippen molar-refractivity contribution >= 4 is 23.4 Å². The first-order valence-electron chi connectivity index (χ1n) is 6.51. The number of carbonyl (C=O) groups is 4. The molecule has 0 radical (unpaired) electrons. The molecular weight excluding hydrogens is 307 g/mol. The van der Waals surface area contributed by atoms with Crippen LogP contribution in [0.5, 0.6) is 0 Å². The molecule has 1 aromatic carbocycles. The average molecular weight is 318 g/mol. The molecule has 0 bridgehead atoms. The highest BCUT2D eigenvalue weighted by Crippen LogP contribution is 2.37. The zero-order chi connectivity index (χ0) is 17.4. The maximum atomic E-state index is 13.4. The number of carboxylic acid groups (broad SMARTS) is 1. The second-order valence-corrected chi connectivity index (χ2v) is 5.20. The lowest BCUT2D eigenvalue weighted by Gasteiger charge is -2.31. The Balaban J connectivity index is 2.54. The molecule has 0 aliphatic heterocycles. The van der Waals surface area contributed by atoms with Crippen molar-refractivity contribution in [2.24, 2.45) is 5.92 Å². The molecule has 23 heavy (non-hydrogen) atoms. The van der Waals surface area contributed by atoms with Crippen molar-refractivity contribution in [1.82, 2.24) is 5.32 Å². The van der Waals surface area contributed by atoms with Gasteiger partial charge in [-0.25, -0.2) is 4.39 Å².